The van der Waals surface area contributed by atoms with Gasteiger partial charge in [0.2, 0.25) is 5.91 Å². The van der Waals surface area contributed by atoms with Crippen LogP contribution in [-0.4, -0.2) is 61.4 Å². The number of methoxy groups -OCH3 is 1. The number of carbonyl (C=O) groups is 2. The molecule has 2 amide bonds. The maximum absolute atomic E-state index is 13.6. The molecule has 1 fully saturated rings. The average Bonchev–Trinajstić information content (AvgIpc) is 3.15. The third-order valence-electron chi connectivity index (χ3n) is 5.50. The van der Waals surface area contributed by atoms with Crippen molar-refractivity contribution in [1.82, 2.24) is 15.1 Å². The molecule has 2 aromatic carbocycles. The molecule has 0 bridgehead atoms. The average molecular weight is 476 g/mol. The highest BCUT2D eigenvalue weighted by Crippen LogP contribution is 2.34. The standard InChI is InChI=1S/C23H23ClFN3O3S/c1-31-18-7-6-16(25)12-15(18)14-27-8-10-28(11-9-27)20(29)13-26-23(30)22-21(24)17-4-2-3-5-19(17)32-22/h2-7,12H,8-11,13-14H2,1H3,(H,26,30). The molecule has 1 N–H and O–H groups in total. The van der Waals surface area contributed by atoms with Crippen LogP contribution in [0.25, 0.3) is 10.1 Å². The number of ether oxygens (including phenoxy) is 1. The van der Waals surface area contributed by atoms with Gasteiger partial charge >= 0.3 is 0 Å². The number of hydrogen-bond acceptors (Lipinski definition) is 5. The number of fused-ring (bicyclic) bond motifs is 1. The number of nitrogens with one attached hydrogen (secondary N) is 1. The van der Waals surface area contributed by atoms with E-state index in [1.54, 1.807) is 18.1 Å². The van der Waals surface area contributed by atoms with Crippen molar-refractivity contribution < 1.29 is 18.7 Å². The molecule has 1 aliphatic rings. The first-order valence-corrected chi connectivity index (χ1v) is 11.4. The van der Waals surface area contributed by atoms with Crippen molar-refractivity contribution in [2.24, 2.45) is 0 Å². The zero-order valence-corrected chi connectivity index (χ0v) is 19.1. The molecule has 0 radical (unpaired) electrons. The summed E-state index contributed by atoms with van der Waals surface area (Å²) in [6, 6.07) is 12.0. The quantitative estimate of drug-likeness (QED) is 0.589. The third kappa shape index (κ3) is 4.87. The van der Waals surface area contributed by atoms with Crippen LogP contribution < -0.4 is 10.1 Å². The second-order valence-electron chi connectivity index (χ2n) is 7.54. The molecular formula is C23H23ClFN3O3S. The number of carbonyl (C=O) groups excluding carboxylic acids is 2. The van der Waals surface area contributed by atoms with Crippen molar-refractivity contribution in [1.29, 1.82) is 0 Å². The molecule has 1 saturated heterocycles. The van der Waals surface area contributed by atoms with E-state index in [9.17, 15) is 14.0 Å². The Labute approximate surface area is 194 Å². The molecule has 168 valence electrons. The van der Waals surface area contributed by atoms with Gasteiger partial charge in [-0.15, -0.1) is 11.3 Å². The fraction of sp³-hybridized carbons (Fsp3) is 0.304. The van der Waals surface area contributed by atoms with Gasteiger partial charge in [0.1, 0.15) is 16.4 Å². The first kappa shape index (κ1) is 22.5. The van der Waals surface area contributed by atoms with Gasteiger partial charge in [0.15, 0.2) is 0 Å². The molecule has 32 heavy (non-hydrogen) atoms. The third-order valence-corrected chi connectivity index (χ3v) is 7.18. The van der Waals surface area contributed by atoms with Gasteiger partial charge in [-0.1, -0.05) is 29.8 Å². The van der Waals surface area contributed by atoms with E-state index in [4.69, 9.17) is 16.3 Å². The molecular weight excluding hydrogens is 453 g/mol. The van der Waals surface area contributed by atoms with Gasteiger partial charge in [-0.25, -0.2) is 4.39 Å². The summed E-state index contributed by atoms with van der Waals surface area (Å²) in [5.74, 6) is -0.142. The molecule has 2 heterocycles. The normalized spacial score (nSPS) is 14.5. The van der Waals surface area contributed by atoms with Crippen molar-refractivity contribution in [3.05, 3.63) is 63.7 Å². The molecule has 0 saturated carbocycles. The second kappa shape index (κ2) is 9.85. The lowest BCUT2D eigenvalue weighted by Crippen LogP contribution is -2.50. The molecule has 3 aromatic rings. The predicted molar refractivity (Wildman–Crippen MR) is 124 cm³/mol. The number of amides is 2. The first-order chi connectivity index (χ1) is 15.5. The van der Waals surface area contributed by atoms with Crippen LogP contribution in [0.15, 0.2) is 42.5 Å². The van der Waals surface area contributed by atoms with Crippen molar-refractivity contribution in [3.63, 3.8) is 0 Å². The predicted octanol–water partition coefficient (Wildman–Crippen LogP) is 3.78. The van der Waals surface area contributed by atoms with E-state index in [2.05, 4.69) is 10.2 Å². The summed E-state index contributed by atoms with van der Waals surface area (Å²) >= 11 is 7.66. The molecule has 6 nitrogen and oxygen atoms in total. The summed E-state index contributed by atoms with van der Waals surface area (Å²) in [6.45, 7) is 2.85. The van der Waals surface area contributed by atoms with Gasteiger partial charge in [0, 0.05) is 48.4 Å². The minimum Gasteiger partial charge on any atom is -0.496 e. The van der Waals surface area contributed by atoms with E-state index in [-0.39, 0.29) is 24.2 Å². The van der Waals surface area contributed by atoms with Crippen LogP contribution in [0.4, 0.5) is 4.39 Å². The number of thiophene rings is 1. The summed E-state index contributed by atoms with van der Waals surface area (Å²) in [5, 5.41) is 3.94. The Hall–Kier alpha value is -2.68. The van der Waals surface area contributed by atoms with Crippen LogP contribution in [0.2, 0.25) is 5.02 Å². The fourth-order valence-corrected chi connectivity index (χ4v) is 5.21. The van der Waals surface area contributed by atoms with E-state index in [1.807, 2.05) is 24.3 Å². The lowest BCUT2D eigenvalue weighted by Gasteiger charge is -2.35. The Morgan fingerprint density at radius 1 is 1.16 bits per heavy atom. The maximum atomic E-state index is 13.6. The van der Waals surface area contributed by atoms with E-state index in [0.717, 1.165) is 15.6 Å². The molecule has 4 rings (SSSR count). The summed E-state index contributed by atoms with van der Waals surface area (Å²) in [4.78, 5) is 29.4. The summed E-state index contributed by atoms with van der Waals surface area (Å²) in [5.41, 5.74) is 0.778. The molecule has 9 heteroatoms. The van der Waals surface area contributed by atoms with E-state index in [0.29, 0.717) is 48.4 Å². The minimum absolute atomic E-state index is 0.0822. The molecule has 0 atom stereocenters. The van der Waals surface area contributed by atoms with Crippen molar-refractivity contribution in [2.75, 3.05) is 39.8 Å². The van der Waals surface area contributed by atoms with Crippen LogP contribution in [0, 0.1) is 5.82 Å². The number of nitrogens with zero attached hydrogens (tertiary/aromatic N) is 2. The second-order valence-corrected chi connectivity index (χ2v) is 8.97. The van der Waals surface area contributed by atoms with Gasteiger partial charge in [-0.2, -0.15) is 0 Å². The first-order valence-electron chi connectivity index (χ1n) is 10.2. The SMILES string of the molecule is COc1ccc(F)cc1CN1CCN(C(=O)CNC(=O)c2sc3ccccc3c2Cl)CC1. The summed E-state index contributed by atoms with van der Waals surface area (Å²) in [7, 11) is 1.56. The summed E-state index contributed by atoms with van der Waals surface area (Å²) in [6.07, 6.45) is 0. The van der Waals surface area contributed by atoms with Crippen LogP contribution >= 0.6 is 22.9 Å². The van der Waals surface area contributed by atoms with Gasteiger partial charge in [0.25, 0.3) is 5.91 Å². The van der Waals surface area contributed by atoms with Crippen molar-refractivity contribution in [3.8, 4) is 5.75 Å². The molecule has 0 spiro atoms. The fourth-order valence-electron chi connectivity index (χ4n) is 3.78. The number of benzene rings is 2. The summed E-state index contributed by atoms with van der Waals surface area (Å²) < 4.78 is 19.8. The van der Waals surface area contributed by atoms with Gasteiger partial charge in [0.05, 0.1) is 18.7 Å². The van der Waals surface area contributed by atoms with Crippen LogP contribution in [0.1, 0.15) is 15.2 Å². The monoisotopic (exact) mass is 475 g/mol. The van der Waals surface area contributed by atoms with Crippen LogP contribution in [0.3, 0.4) is 0 Å². The van der Waals surface area contributed by atoms with E-state index < -0.39 is 0 Å². The van der Waals surface area contributed by atoms with Crippen molar-refractivity contribution in [2.45, 2.75) is 6.54 Å². The molecule has 0 aliphatic carbocycles. The largest absolute Gasteiger partial charge is 0.496 e. The zero-order chi connectivity index (χ0) is 22.7. The highest BCUT2D eigenvalue weighted by atomic mass is 35.5. The number of rotatable bonds is 6. The minimum atomic E-state index is -0.346. The lowest BCUT2D eigenvalue weighted by atomic mass is 10.1. The smallest absolute Gasteiger partial charge is 0.263 e. The van der Waals surface area contributed by atoms with Gasteiger partial charge < -0.3 is 15.0 Å². The molecule has 0 unspecified atom stereocenters. The Morgan fingerprint density at radius 2 is 1.91 bits per heavy atom. The maximum Gasteiger partial charge on any atom is 0.263 e. The topological polar surface area (TPSA) is 61.9 Å². The number of hydrogen-bond donors (Lipinski definition) is 1. The molecule has 1 aromatic heterocycles. The Morgan fingerprint density at radius 3 is 2.62 bits per heavy atom. The highest BCUT2D eigenvalue weighted by molar-refractivity contribution is 7.21. The Balaban J connectivity index is 1.29. The molecule has 1 aliphatic heterocycles. The Bertz CT molecular complexity index is 1140. The zero-order valence-electron chi connectivity index (χ0n) is 17.6. The van der Waals surface area contributed by atoms with Crippen LogP contribution in [-0.2, 0) is 11.3 Å². The number of piperazine rings is 1. The van der Waals surface area contributed by atoms with E-state index >= 15 is 0 Å². The highest BCUT2D eigenvalue weighted by Gasteiger charge is 2.23. The van der Waals surface area contributed by atoms with Crippen molar-refractivity contribution >= 4 is 44.8 Å². The van der Waals surface area contributed by atoms with Gasteiger partial charge in [-0.3, -0.25) is 14.5 Å². The lowest BCUT2D eigenvalue weighted by molar-refractivity contribution is -0.131. The van der Waals surface area contributed by atoms with Crippen LogP contribution in [0.5, 0.6) is 5.75 Å². The van der Waals surface area contributed by atoms with E-state index in [1.165, 1.54) is 23.5 Å². The van der Waals surface area contributed by atoms with Gasteiger partial charge in [-0.05, 0) is 24.3 Å². The Kier molecular flexibility index (Phi) is 6.93. The number of halogens is 2.